The second-order valence-electron chi connectivity index (χ2n) is 5.57. The van der Waals surface area contributed by atoms with Crippen LogP contribution in [0.15, 0.2) is 18.2 Å². The summed E-state index contributed by atoms with van der Waals surface area (Å²) < 4.78 is 10.7. The van der Waals surface area contributed by atoms with Crippen LogP contribution in [0.5, 0.6) is 11.5 Å². The van der Waals surface area contributed by atoms with E-state index in [1.165, 1.54) is 5.56 Å². The van der Waals surface area contributed by atoms with Crippen LogP contribution in [0.3, 0.4) is 0 Å². The second kappa shape index (κ2) is 4.14. The molecule has 1 fully saturated rings. The molecule has 3 rings (SSSR count). The third-order valence-corrected chi connectivity index (χ3v) is 4.11. The zero-order valence-electron chi connectivity index (χ0n) is 10.8. The Kier molecular flexibility index (Phi) is 2.72. The molecule has 1 atom stereocenters. The van der Waals surface area contributed by atoms with E-state index in [-0.39, 0.29) is 11.6 Å². The van der Waals surface area contributed by atoms with Crippen LogP contribution in [0.25, 0.3) is 0 Å². The number of aliphatic hydroxyl groups excluding tert-OH is 1. The quantitative estimate of drug-likeness (QED) is 0.867. The summed E-state index contributed by atoms with van der Waals surface area (Å²) in [6, 6.07) is 6.05. The Bertz CT molecular complexity index is 458. The molecule has 4 nitrogen and oxygen atoms in total. The summed E-state index contributed by atoms with van der Waals surface area (Å²) in [7, 11) is 0. The van der Waals surface area contributed by atoms with Gasteiger partial charge in [0.1, 0.15) is 0 Å². The molecular formula is C14H19NO3. The van der Waals surface area contributed by atoms with Gasteiger partial charge in [-0.25, -0.2) is 0 Å². The molecule has 0 saturated carbocycles. The van der Waals surface area contributed by atoms with Crippen molar-refractivity contribution in [2.45, 2.75) is 38.5 Å². The highest BCUT2D eigenvalue weighted by Crippen LogP contribution is 2.35. The van der Waals surface area contributed by atoms with Crippen molar-refractivity contribution in [2.75, 3.05) is 13.3 Å². The number of nitrogens with zero attached hydrogens (tertiary/aromatic N) is 1. The molecule has 2 aliphatic rings. The van der Waals surface area contributed by atoms with Crippen molar-refractivity contribution in [3.63, 3.8) is 0 Å². The van der Waals surface area contributed by atoms with E-state index in [0.29, 0.717) is 6.79 Å². The Balaban J connectivity index is 1.77. The van der Waals surface area contributed by atoms with Crippen molar-refractivity contribution < 1.29 is 14.6 Å². The predicted molar refractivity (Wildman–Crippen MR) is 67.7 cm³/mol. The van der Waals surface area contributed by atoms with Gasteiger partial charge in [0.15, 0.2) is 11.5 Å². The first-order valence-electron chi connectivity index (χ1n) is 6.39. The molecule has 4 heteroatoms. The topological polar surface area (TPSA) is 41.9 Å². The van der Waals surface area contributed by atoms with Crippen LogP contribution in [-0.2, 0) is 6.54 Å². The van der Waals surface area contributed by atoms with Crippen molar-refractivity contribution in [2.24, 2.45) is 0 Å². The van der Waals surface area contributed by atoms with Gasteiger partial charge in [-0.05, 0) is 38.0 Å². The number of hydrogen-bond donors (Lipinski definition) is 1. The lowest BCUT2D eigenvalue weighted by molar-refractivity contribution is 0.0506. The summed E-state index contributed by atoms with van der Waals surface area (Å²) in [6.07, 6.45) is 0.601. The van der Waals surface area contributed by atoms with E-state index in [1.54, 1.807) is 0 Å². The molecule has 0 aliphatic carbocycles. The standard InChI is InChI=1S/C14H19NO3/c1-14(2)13(16)5-6-15(14)8-10-3-4-11-12(7-10)18-9-17-11/h3-4,7,13,16H,5-6,8-9H2,1-2H3. The molecular weight excluding hydrogens is 230 g/mol. The van der Waals surface area contributed by atoms with E-state index >= 15 is 0 Å². The molecule has 98 valence electrons. The summed E-state index contributed by atoms with van der Waals surface area (Å²) in [5.74, 6) is 1.64. The predicted octanol–water partition coefficient (Wildman–Crippen LogP) is 1.76. The van der Waals surface area contributed by atoms with E-state index in [4.69, 9.17) is 9.47 Å². The molecule has 1 aromatic carbocycles. The minimum Gasteiger partial charge on any atom is -0.454 e. The Morgan fingerprint density at radius 3 is 2.83 bits per heavy atom. The first kappa shape index (κ1) is 11.8. The maximum Gasteiger partial charge on any atom is 0.231 e. The average molecular weight is 249 g/mol. The molecule has 2 aliphatic heterocycles. The van der Waals surface area contributed by atoms with E-state index < -0.39 is 0 Å². The van der Waals surface area contributed by atoms with Crippen molar-refractivity contribution >= 4 is 0 Å². The number of likely N-dealkylation sites (tertiary alicyclic amines) is 1. The highest BCUT2D eigenvalue weighted by Gasteiger charge is 2.39. The van der Waals surface area contributed by atoms with Gasteiger partial charge in [0.2, 0.25) is 6.79 Å². The maximum absolute atomic E-state index is 9.97. The highest BCUT2D eigenvalue weighted by atomic mass is 16.7. The molecule has 0 radical (unpaired) electrons. The third kappa shape index (κ3) is 1.85. The summed E-state index contributed by atoms with van der Waals surface area (Å²) >= 11 is 0. The molecule has 2 heterocycles. The molecule has 0 spiro atoms. The van der Waals surface area contributed by atoms with Crippen molar-refractivity contribution in [1.29, 1.82) is 0 Å². The number of rotatable bonds is 2. The normalized spacial score (nSPS) is 25.6. The highest BCUT2D eigenvalue weighted by molar-refractivity contribution is 5.44. The lowest BCUT2D eigenvalue weighted by atomic mass is 9.98. The SMILES string of the molecule is CC1(C)C(O)CCN1Cc1ccc2c(c1)OCO2. The van der Waals surface area contributed by atoms with E-state index in [2.05, 4.69) is 24.8 Å². The molecule has 1 saturated heterocycles. The number of aliphatic hydroxyl groups is 1. The van der Waals surface area contributed by atoms with Gasteiger partial charge in [0, 0.05) is 18.6 Å². The first-order chi connectivity index (χ1) is 8.57. The fourth-order valence-corrected chi connectivity index (χ4v) is 2.67. The first-order valence-corrected chi connectivity index (χ1v) is 6.39. The molecule has 0 bridgehead atoms. The molecule has 1 aromatic rings. The summed E-state index contributed by atoms with van der Waals surface area (Å²) in [5.41, 5.74) is 1.04. The number of ether oxygens (including phenoxy) is 2. The largest absolute Gasteiger partial charge is 0.454 e. The minimum absolute atomic E-state index is 0.156. The van der Waals surface area contributed by atoms with Crippen LogP contribution in [-0.4, -0.2) is 35.0 Å². The lowest BCUT2D eigenvalue weighted by Crippen LogP contribution is -2.44. The van der Waals surface area contributed by atoms with Crippen LogP contribution in [0.4, 0.5) is 0 Å². The van der Waals surface area contributed by atoms with E-state index in [1.807, 2.05) is 12.1 Å². The lowest BCUT2D eigenvalue weighted by Gasteiger charge is -2.33. The summed E-state index contributed by atoms with van der Waals surface area (Å²) in [5, 5.41) is 9.97. The smallest absolute Gasteiger partial charge is 0.231 e. The molecule has 0 amide bonds. The van der Waals surface area contributed by atoms with Gasteiger partial charge in [-0.3, -0.25) is 4.90 Å². The molecule has 18 heavy (non-hydrogen) atoms. The summed E-state index contributed by atoms with van der Waals surface area (Å²) in [6.45, 7) is 6.27. The van der Waals surface area contributed by atoms with Gasteiger partial charge in [-0.2, -0.15) is 0 Å². The Morgan fingerprint density at radius 1 is 1.33 bits per heavy atom. The van der Waals surface area contributed by atoms with E-state index in [0.717, 1.165) is 31.0 Å². The van der Waals surface area contributed by atoms with Gasteiger partial charge in [-0.1, -0.05) is 6.07 Å². The molecule has 1 unspecified atom stereocenters. The summed E-state index contributed by atoms with van der Waals surface area (Å²) in [4.78, 5) is 2.31. The maximum atomic E-state index is 9.97. The number of fused-ring (bicyclic) bond motifs is 1. The fourth-order valence-electron chi connectivity index (χ4n) is 2.67. The Labute approximate surface area is 107 Å². The molecule has 0 aromatic heterocycles. The fraction of sp³-hybridized carbons (Fsp3) is 0.571. The number of benzene rings is 1. The Hall–Kier alpha value is -1.26. The zero-order chi connectivity index (χ0) is 12.8. The minimum atomic E-state index is -0.244. The Morgan fingerprint density at radius 2 is 2.11 bits per heavy atom. The van der Waals surface area contributed by atoms with Crippen molar-refractivity contribution in [3.05, 3.63) is 23.8 Å². The number of hydrogen-bond acceptors (Lipinski definition) is 4. The van der Waals surface area contributed by atoms with Gasteiger partial charge in [-0.15, -0.1) is 0 Å². The van der Waals surface area contributed by atoms with Crippen LogP contribution in [0, 0.1) is 0 Å². The average Bonchev–Trinajstić information content (AvgIpc) is 2.89. The van der Waals surface area contributed by atoms with Gasteiger partial charge >= 0.3 is 0 Å². The van der Waals surface area contributed by atoms with Crippen LogP contribution < -0.4 is 9.47 Å². The second-order valence-corrected chi connectivity index (χ2v) is 5.57. The third-order valence-electron chi connectivity index (χ3n) is 4.11. The monoisotopic (exact) mass is 249 g/mol. The van der Waals surface area contributed by atoms with Gasteiger partial charge < -0.3 is 14.6 Å². The van der Waals surface area contributed by atoms with Gasteiger partial charge in [0.05, 0.1) is 6.10 Å². The van der Waals surface area contributed by atoms with Crippen molar-refractivity contribution in [1.82, 2.24) is 4.90 Å². The zero-order valence-corrected chi connectivity index (χ0v) is 10.8. The molecule has 1 N–H and O–H groups in total. The van der Waals surface area contributed by atoms with Gasteiger partial charge in [0.25, 0.3) is 0 Å². The van der Waals surface area contributed by atoms with E-state index in [9.17, 15) is 5.11 Å². The van der Waals surface area contributed by atoms with Crippen LogP contribution in [0.1, 0.15) is 25.8 Å². The van der Waals surface area contributed by atoms with Crippen LogP contribution >= 0.6 is 0 Å². The van der Waals surface area contributed by atoms with Crippen molar-refractivity contribution in [3.8, 4) is 11.5 Å². The van der Waals surface area contributed by atoms with Crippen LogP contribution in [0.2, 0.25) is 0 Å².